The Kier molecular flexibility index (Phi) is 5.40. The van der Waals surface area contributed by atoms with E-state index in [2.05, 4.69) is 25.3 Å². The van der Waals surface area contributed by atoms with Crippen LogP contribution in [0.5, 0.6) is 0 Å². The topological polar surface area (TPSA) is 79.2 Å². The Hall–Kier alpha value is -2.78. The summed E-state index contributed by atoms with van der Waals surface area (Å²) in [4.78, 5) is 25.1. The van der Waals surface area contributed by atoms with E-state index in [1.165, 1.54) is 0 Å². The summed E-state index contributed by atoms with van der Waals surface area (Å²) in [7, 11) is 0. The molecule has 1 fully saturated rings. The third-order valence-corrected chi connectivity index (χ3v) is 5.20. The van der Waals surface area contributed by atoms with Crippen molar-refractivity contribution in [3.63, 3.8) is 0 Å². The summed E-state index contributed by atoms with van der Waals surface area (Å²) in [5.74, 6) is 0. The van der Waals surface area contributed by atoms with Crippen LogP contribution in [-0.4, -0.2) is 68.3 Å². The molecule has 9 heteroatoms. The lowest BCUT2D eigenvalue weighted by molar-refractivity contribution is 0.143. The van der Waals surface area contributed by atoms with Crippen molar-refractivity contribution >= 4 is 23.1 Å². The smallest absolute Gasteiger partial charge is 0.321 e. The minimum atomic E-state index is -0.0543. The summed E-state index contributed by atoms with van der Waals surface area (Å²) in [6.45, 7) is 4.88. The molecule has 3 aromatic rings. The first-order valence-corrected chi connectivity index (χ1v) is 9.81. The van der Waals surface area contributed by atoms with E-state index in [1.54, 1.807) is 24.0 Å². The number of nitrogens with zero attached hydrogens (tertiary/aromatic N) is 6. The monoisotopic (exact) mass is 383 g/mol. The van der Waals surface area contributed by atoms with Gasteiger partial charge in [-0.25, -0.2) is 14.8 Å². The van der Waals surface area contributed by atoms with Crippen molar-refractivity contribution in [3.05, 3.63) is 47.8 Å². The molecule has 0 bridgehead atoms. The van der Waals surface area contributed by atoms with Gasteiger partial charge >= 0.3 is 6.03 Å². The summed E-state index contributed by atoms with van der Waals surface area (Å²) < 4.78 is 1.83. The zero-order valence-corrected chi connectivity index (χ0v) is 15.7. The first kappa shape index (κ1) is 17.6. The molecule has 1 aromatic carbocycles. The van der Waals surface area contributed by atoms with Gasteiger partial charge in [-0.3, -0.25) is 9.58 Å². The van der Waals surface area contributed by atoms with Gasteiger partial charge in [-0.1, -0.05) is 12.1 Å². The number of amides is 2. The molecule has 27 heavy (non-hydrogen) atoms. The van der Waals surface area contributed by atoms with E-state index < -0.39 is 0 Å². The lowest BCUT2D eigenvalue weighted by Gasteiger charge is -2.34. The first-order chi connectivity index (χ1) is 13.3. The van der Waals surface area contributed by atoms with E-state index in [-0.39, 0.29) is 6.03 Å². The van der Waals surface area contributed by atoms with Gasteiger partial charge in [-0.05, 0) is 12.1 Å². The second kappa shape index (κ2) is 8.28. The summed E-state index contributed by atoms with van der Waals surface area (Å²) >= 11 is 1.56. The van der Waals surface area contributed by atoms with Crippen molar-refractivity contribution in [2.24, 2.45) is 0 Å². The van der Waals surface area contributed by atoms with Gasteiger partial charge in [0.1, 0.15) is 12.7 Å². The average molecular weight is 383 g/mol. The Balaban J connectivity index is 1.28. The first-order valence-electron chi connectivity index (χ1n) is 8.87. The van der Waals surface area contributed by atoms with E-state index >= 15 is 0 Å². The van der Waals surface area contributed by atoms with Crippen LogP contribution in [0, 0.1) is 0 Å². The lowest BCUT2D eigenvalue weighted by Crippen LogP contribution is -2.50. The van der Waals surface area contributed by atoms with Crippen molar-refractivity contribution in [1.29, 1.82) is 0 Å². The molecule has 140 valence electrons. The molecule has 1 N–H and O–H groups in total. The maximum atomic E-state index is 12.6. The number of anilines is 1. The Morgan fingerprint density at radius 2 is 2.07 bits per heavy atom. The van der Waals surface area contributed by atoms with Crippen molar-refractivity contribution in [1.82, 2.24) is 29.5 Å². The number of benzene rings is 1. The predicted octanol–water partition coefficient (Wildman–Crippen LogP) is 2.25. The summed E-state index contributed by atoms with van der Waals surface area (Å²) in [5.41, 5.74) is 4.53. The number of carbonyl (C=O) groups is 1. The number of hydrogen-bond donors (Lipinski definition) is 1. The molecular weight excluding hydrogens is 362 g/mol. The van der Waals surface area contributed by atoms with Crippen LogP contribution in [0.15, 0.2) is 47.8 Å². The molecule has 8 nitrogen and oxygen atoms in total. The van der Waals surface area contributed by atoms with Crippen LogP contribution in [0.3, 0.4) is 0 Å². The van der Waals surface area contributed by atoms with Crippen LogP contribution in [0.4, 0.5) is 10.5 Å². The summed E-state index contributed by atoms with van der Waals surface area (Å²) in [5, 5.41) is 9.12. The van der Waals surface area contributed by atoms with Gasteiger partial charge in [0, 0.05) is 49.4 Å². The van der Waals surface area contributed by atoms with Crippen LogP contribution >= 0.6 is 11.3 Å². The van der Waals surface area contributed by atoms with Gasteiger partial charge in [0.05, 0.1) is 17.7 Å². The fourth-order valence-corrected chi connectivity index (χ4v) is 3.64. The van der Waals surface area contributed by atoms with Crippen LogP contribution in [-0.2, 0) is 6.54 Å². The second-order valence-corrected chi connectivity index (χ2v) is 7.09. The van der Waals surface area contributed by atoms with Gasteiger partial charge in [0.15, 0.2) is 0 Å². The predicted molar refractivity (Wildman–Crippen MR) is 105 cm³/mol. The summed E-state index contributed by atoms with van der Waals surface area (Å²) in [6, 6.07) is 7.75. The molecule has 3 heterocycles. The number of hydrogen-bond acceptors (Lipinski definition) is 6. The molecule has 1 aliphatic heterocycles. The van der Waals surface area contributed by atoms with Crippen LogP contribution in [0.2, 0.25) is 0 Å². The van der Waals surface area contributed by atoms with Crippen molar-refractivity contribution in [2.45, 2.75) is 6.54 Å². The third-order valence-electron chi connectivity index (χ3n) is 4.61. The molecule has 0 atom stereocenters. The minimum Gasteiger partial charge on any atom is -0.322 e. The van der Waals surface area contributed by atoms with E-state index in [0.717, 1.165) is 56.2 Å². The molecule has 1 aliphatic rings. The van der Waals surface area contributed by atoms with E-state index in [9.17, 15) is 4.79 Å². The number of urea groups is 1. The van der Waals surface area contributed by atoms with Crippen LogP contribution in [0.1, 0.15) is 0 Å². The van der Waals surface area contributed by atoms with Gasteiger partial charge in [-0.15, -0.1) is 11.3 Å². The zero-order chi connectivity index (χ0) is 18.5. The molecule has 0 radical (unpaired) electrons. The lowest BCUT2D eigenvalue weighted by atomic mass is 10.1. The van der Waals surface area contributed by atoms with Gasteiger partial charge in [0.25, 0.3) is 0 Å². The largest absolute Gasteiger partial charge is 0.322 e. The standard InChI is InChI=1S/C18H21N7OS/c26-18(22-16-3-1-2-15(10-16)17-11-27-14-20-17)24-7-4-23(5-8-24)6-9-25-13-19-12-21-25/h1-3,10-14H,4-9H2,(H,22,26). The molecule has 2 aromatic heterocycles. The number of carbonyl (C=O) groups excluding carboxylic acids is 1. The zero-order valence-electron chi connectivity index (χ0n) is 14.9. The third kappa shape index (κ3) is 4.50. The van der Waals surface area contributed by atoms with Gasteiger partial charge < -0.3 is 10.2 Å². The van der Waals surface area contributed by atoms with E-state index in [4.69, 9.17) is 0 Å². The maximum Gasteiger partial charge on any atom is 0.321 e. The number of thiazole rings is 1. The minimum absolute atomic E-state index is 0.0543. The second-order valence-electron chi connectivity index (χ2n) is 6.37. The molecule has 0 spiro atoms. The normalized spacial score (nSPS) is 15.0. The number of nitrogens with one attached hydrogen (secondary N) is 1. The van der Waals surface area contributed by atoms with E-state index in [1.807, 2.05) is 44.7 Å². The maximum absolute atomic E-state index is 12.6. The highest BCUT2D eigenvalue weighted by molar-refractivity contribution is 7.07. The Bertz CT molecular complexity index is 858. The fraction of sp³-hybridized carbons (Fsp3) is 0.333. The highest BCUT2D eigenvalue weighted by atomic mass is 32.1. The molecule has 4 rings (SSSR count). The molecule has 1 saturated heterocycles. The molecular formula is C18H21N7OS. The van der Waals surface area contributed by atoms with Gasteiger partial charge in [-0.2, -0.15) is 5.10 Å². The Morgan fingerprint density at radius 1 is 1.19 bits per heavy atom. The van der Waals surface area contributed by atoms with Crippen molar-refractivity contribution in [3.8, 4) is 11.3 Å². The van der Waals surface area contributed by atoms with Crippen molar-refractivity contribution < 1.29 is 4.79 Å². The highest BCUT2D eigenvalue weighted by Gasteiger charge is 2.21. The van der Waals surface area contributed by atoms with Crippen molar-refractivity contribution in [2.75, 3.05) is 38.0 Å². The molecule has 0 saturated carbocycles. The van der Waals surface area contributed by atoms with Crippen LogP contribution < -0.4 is 5.32 Å². The molecule has 0 unspecified atom stereocenters. The number of piperazine rings is 1. The number of aromatic nitrogens is 4. The summed E-state index contributed by atoms with van der Waals surface area (Å²) in [6.07, 6.45) is 3.27. The average Bonchev–Trinajstić information content (AvgIpc) is 3.41. The highest BCUT2D eigenvalue weighted by Crippen LogP contribution is 2.22. The quantitative estimate of drug-likeness (QED) is 0.731. The van der Waals surface area contributed by atoms with E-state index in [0.29, 0.717) is 0 Å². The molecule has 2 amide bonds. The van der Waals surface area contributed by atoms with Crippen LogP contribution in [0.25, 0.3) is 11.3 Å². The Morgan fingerprint density at radius 3 is 2.81 bits per heavy atom. The number of rotatable bonds is 5. The Labute approximate surface area is 161 Å². The SMILES string of the molecule is O=C(Nc1cccc(-c2cscn2)c1)N1CCN(CCn2cncn2)CC1. The van der Waals surface area contributed by atoms with Gasteiger partial charge in [0.2, 0.25) is 0 Å². The fourth-order valence-electron chi connectivity index (χ4n) is 3.08. The molecule has 0 aliphatic carbocycles.